The Morgan fingerprint density at radius 3 is 2.71 bits per heavy atom. The Labute approximate surface area is 115 Å². The summed E-state index contributed by atoms with van der Waals surface area (Å²) < 4.78 is 0. The van der Waals surface area contributed by atoms with Crippen molar-refractivity contribution in [1.29, 1.82) is 0 Å². The molecule has 1 saturated carbocycles. The minimum atomic E-state index is 0.181. The molecule has 0 radical (unpaired) electrons. The molecule has 0 heterocycles. The first kappa shape index (κ1) is 12.9. The van der Waals surface area contributed by atoms with E-state index in [1.807, 2.05) is 29.2 Å². The van der Waals surface area contributed by atoms with Gasteiger partial charge in [0.25, 0.3) is 0 Å². The van der Waals surface area contributed by atoms with Gasteiger partial charge in [-0.2, -0.15) is 0 Å². The van der Waals surface area contributed by atoms with E-state index in [0.29, 0.717) is 17.5 Å². The molecule has 17 heavy (non-hydrogen) atoms. The van der Waals surface area contributed by atoms with Crippen LogP contribution in [-0.2, 0) is 11.2 Å². The van der Waals surface area contributed by atoms with Gasteiger partial charge in [0.2, 0.25) is 5.91 Å². The van der Waals surface area contributed by atoms with Gasteiger partial charge in [-0.25, -0.2) is 0 Å². The molecular formula is C13H15BrClNO. The number of alkyl halides is 1. The van der Waals surface area contributed by atoms with Gasteiger partial charge in [-0.1, -0.05) is 45.7 Å². The third-order valence-corrected chi connectivity index (χ3v) is 3.66. The van der Waals surface area contributed by atoms with Gasteiger partial charge in [0.1, 0.15) is 0 Å². The van der Waals surface area contributed by atoms with Crippen molar-refractivity contribution in [3.8, 4) is 0 Å². The lowest BCUT2D eigenvalue weighted by Crippen LogP contribution is -2.35. The molecule has 0 saturated heterocycles. The molecule has 4 heteroatoms. The van der Waals surface area contributed by atoms with Crippen molar-refractivity contribution >= 4 is 33.4 Å². The van der Waals surface area contributed by atoms with Crippen molar-refractivity contribution in [2.24, 2.45) is 0 Å². The number of rotatable bonds is 5. The van der Waals surface area contributed by atoms with Crippen LogP contribution in [0.5, 0.6) is 0 Å². The lowest BCUT2D eigenvalue weighted by atomic mass is 10.1. The Morgan fingerprint density at radius 2 is 2.12 bits per heavy atom. The molecule has 1 fully saturated rings. The van der Waals surface area contributed by atoms with Crippen LogP contribution < -0.4 is 0 Å². The van der Waals surface area contributed by atoms with Gasteiger partial charge < -0.3 is 4.90 Å². The van der Waals surface area contributed by atoms with Crippen LogP contribution in [0.15, 0.2) is 24.3 Å². The second-order valence-electron chi connectivity index (χ2n) is 4.28. The number of carbonyl (C=O) groups is 1. The van der Waals surface area contributed by atoms with Gasteiger partial charge in [-0.3, -0.25) is 4.79 Å². The summed E-state index contributed by atoms with van der Waals surface area (Å²) in [4.78, 5) is 14.2. The van der Waals surface area contributed by atoms with Crippen molar-refractivity contribution in [3.05, 3.63) is 34.9 Å². The summed E-state index contributed by atoms with van der Waals surface area (Å²) >= 11 is 9.46. The quantitative estimate of drug-likeness (QED) is 0.764. The van der Waals surface area contributed by atoms with E-state index >= 15 is 0 Å². The Kier molecular flexibility index (Phi) is 4.46. The number of benzene rings is 1. The lowest BCUT2D eigenvalue weighted by Gasteiger charge is -2.21. The van der Waals surface area contributed by atoms with Gasteiger partial charge in [0.05, 0.1) is 6.42 Å². The predicted octanol–water partition coefficient (Wildman–Crippen LogP) is 3.27. The lowest BCUT2D eigenvalue weighted by molar-refractivity contribution is -0.130. The summed E-state index contributed by atoms with van der Waals surface area (Å²) in [6.45, 7) is 0.786. The van der Waals surface area contributed by atoms with Crippen LogP contribution in [0.3, 0.4) is 0 Å². The minimum absolute atomic E-state index is 0.181. The molecule has 1 aromatic carbocycles. The maximum atomic E-state index is 12.2. The number of nitrogens with zero attached hydrogens (tertiary/aromatic N) is 1. The predicted molar refractivity (Wildman–Crippen MR) is 73.7 cm³/mol. The highest BCUT2D eigenvalue weighted by atomic mass is 79.9. The summed E-state index contributed by atoms with van der Waals surface area (Å²) in [6.07, 6.45) is 2.69. The molecule has 1 aliphatic carbocycles. The molecule has 0 spiro atoms. The normalized spacial score (nSPS) is 14.7. The van der Waals surface area contributed by atoms with Crippen molar-refractivity contribution in [2.75, 3.05) is 11.9 Å². The highest BCUT2D eigenvalue weighted by Gasteiger charge is 2.31. The topological polar surface area (TPSA) is 20.3 Å². The second kappa shape index (κ2) is 5.87. The van der Waals surface area contributed by atoms with Gasteiger partial charge in [-0.15, -0.1) is 0 Å². The first-order chi connectivity index (χ1) is 8.22. The van der Waals surface area contributed by atoms with Gasteiger partial charge in [0.15, 0.2) is 0 Å². The van der Waals surface area contributed by atoms with Crippen molar-refractivity contribution < 1.29 is 4.79 Å². The highest BCUT2D eigenvalue weighted by molar-refractivity contribution is 9.09. The molecule has 1 aliphatic rings. The fourth-order valence-corrected chi connectivity index (χ4v) is 2.48. The molecule has 2 rings (SSSR count). The molecule has 0 atom stereocenters. The average Bonchev–Trinajstić information content (AvgIpc) is 3.13. The summed E-state index contributed by atoms with van der Waals surface area (Å²) in [5.74, 6) is 0.181. The minimum Gasteiger partial charge on any atom is -0.339 e. The van der Waals surface area contributed by atoms with E-state index in [-0.39, 0.29) is 5.91 Å². The Morgan fingerprint density at radius 1 is 1.41 bits per heavy atom. The van der Waals surface area contributed by atoms with Crippen LogP contribution in [0.2, 0.25) is 5.02 Å². The first-order valence-electron chi connectivity index (χ1n) is 5.81. The molecule has 0 aromatic heterocycles. The summed E-state index contributed by atoms with van der Waals surface area (Å²) in [6, 6.07) is 8.01. The van der Waals surface area contributed by atoms with Crippen LogP contribution in [0, 0.1) is 0 Å². The van der Waals surface area contributed by atoms with Crippen molar-refractivity contribution in [1.82, 2.24) is 4.90 Å². The third-order valence-electron chi connectivity index (χ3n) is 2.93. The van der Waals surface area contributed by atoms with Crippen LogP contribution in [-0.4, -0.2) is 28.7 Å². The Bertz CT molecular complexity index is 406. The van der Waals surface area contributed by atoms with Gasteiger partial charge in [-0.05, 0) is 24.5 Å². The monoisotopic (exact) mass is 315 g/mol. The standard InChI is InChI=1S/C13H15BrClNO/c14-7-8-16(11-5-6-11)13(17)9-10-3-1-2-4-12(10)15/h1-4,11H,5-9H2. The van der Waals surface area contributed by atoms with Gasteiger partial charge >= 0.3 is 0 Å². The number of halogens is 2. The van der Waals surface area contributed by atoms with Crippen LogP contribution in [0.4, 0.5) is 0 Å². The van der Waals surface area contributed by atoms with E-state index in [4.69, 9.17) is 11.6 Å². The zero-order chi connectivity index (χ0) is 12.3. The third kappa shape index (κ3) is 3.46. The molecule has 0 unspecified atom stereocenters. The number of hydrogen-bond donors (Lipinski definition) is 0. The smallest absolute Gasteiger partial charge is 0.227 e. The average molecular weight is 317 g/mol. The molecule has 2 nitrogen and oxygen atoms in total. The summed E-state index contributed by atoms with van der Waals surface area (Å²) in [7, 11) is 0. The maximum Gasteiger partial charge on any atom is 0.227 e. The molecule has 0 aliphatic heterocycles. The van der Waals surface area contributed by atoms with E-state index in [1.54, 1.807) is 0 Å². The van der Waals surface area contributed by atoms with E-state index in [0.717, 1.165) is 30.3 Å². The molecule has 92 valence electrons. The molecule has 1 aromatic rings. The summed E-state index contributed by atoms with van der Waals surface area (Å²) in [5.41, 5.74) is 0.916. The SMILES string of the molecule is O=C(Cc1ccccc1Cl)N(CCBr)C1CC1. The molecule has 0 bridgehead atoms. The zero-order valence-corrected chi connectivity index (χ0v) is 11.9. The Hall–Kier alpha value is -0.540. The number of amides is 1. The highest BCUT2D eigenvalue weighted by Crippen LogP contribution is 2.28. The molecule has 1 amide bonds. The maximum absolute atomic E-state index is 12.2. The Balaban J connectivity index is 2.02. The van der Waals surface area contributed by atoms with Crippen LogP contribution in [0.1, 0.15) is 18.4 Å². The van der Waals surface area contributed by atoms with Crippen LogP contribution >= 0.6 is 27.5 Å². The molecular weight excluding hydrogens is 302 g/mol. The number of carbonyl (C=O) groups excluding carboxylic acids is 1. The zero-order valence-electron chi connectivity index (χ0n) is 9.53. The van der Waals surface area contributed by atoms with E-state index < -0.39 is 0 Å². The van der Waals surface area contributed by atoms with Crippen molar-refractivity contribution in [3.63, 3.8) is 0 Å². The first-order valence-corrected chi connectivity index (χ1v) is 7.31. The number of hydrogen-bond acceptors (Lipinski definition) is 1. The van der Waals surface area contributed by atoms with E-state index in [2.05, 4.69) is 15.9 Å². The second-order valence-corrected chi connectivity index (χ2v) is 5.48. The van der Waals surface area contributed by atoms with Crippen LogP contribution in [0.25, 0.3) is 0 Å². The van der Waals surface area contributed by atoms with E-state index in [9.17, 15) is 4.79 Å². The van der Waals surface area contributed by atoms with Crippen molar-refractivity contribution in [2.45, 2.75) is 25.3 Å². The van der Waals surface area contributed by atoms with E-state index in [1.165, 1.54) is 0 Å². The fraction of sp³-hybridized carbons (Fsp3) is 0.462. The molecule has 0 N–H and O–H groups in total. The van der Waals surface area contributed by atoms with Gasteiger partial charge in [0, 0.05) is 22.9 Å². The fourth-order valence-electron chi connectivity index (χ4n) is 1.89. The largest absolute Gasteiger partial charge is 0.339 e. The summed E-state index contributed by atoms with van der Waals surface area (Å²) in [5, 5.41) is 1.51.